The summed E-state index contributed by atoms with van der Waals surface area (Å²) in [5, 5.41) is 0.685. The van der Waals surface area contributed by atoms with Crippen molar-refractivity contribution in [2.45, 2.75) is 6.54 Å². The Hall–Kier alpha value is -3.74. The van der Waals surface area contributed by atoms with Gasteiger partial charge in [-0.2, -0.15) is 0 Å². The molecule has 0 saturated heterocycles. The predicted molar refractivity (Wildman–Crippen MR) is 108 cm³/mol. The van der Waals surface area contributed by atoms with Gasteiger partial charge >= 0.3 is 5.78 Å². The average molecular weight is 393 g/mol. The highest BCUT2D eigenvalue weighted by Gasteiger charge is 2.21. The quantitative estimate of drug-likeness (QED) is 0.513. The van der Waals surface area contributed by atoms with Crippen molar-refractivity contribution in [1.82, 2.24) is 4.90 Å². The lowest BCUT2D eigenvalue weighted by molar-refractivity contribution is 0.0754. The van der Waals surface area contributed by atoms with Crippen molar-refractivity contribution in [3.63, 3.8) is 0 Å². The van der Waals surface area contributed by atoms with E-state index in [2.05, 4.69) is 0 Å². The number of para-hydroxylation sites is 1. The number of hydrogen-bond acceptors (Lipinski definition) is 6. The van der Waals surface area contributed by atoms with Crippen molar-refractivity contribution < 1.29 is 23.1 Å². The van der Waals surface area contributed by atoms with E-state index >= 15 is 0 Å². The lowest BCUT2D eigenvalue weighted by Gasteiger charge is -2.17. The van der Waals surface area contributed by atoms with Crippen LogP contribution in [0.15, 0.2) is 62.2 Å². The first kappa shape index (κ1) is 18.6. The number of benzene rings is 2. The number of rotatable bonds is 5. The topological polar surface area (TPSA) is 82.1 Å². The lowest BCUT2D eigenvalue weighted by atomic mass is 10.2. The largest absolute Gasteiger partial charge is 0.493 e. The van der Waals surface area contributed by atoms with Crippen LogP contribution in [0.3, 0.4) is 0 Å². The highest BCUT2D eigenvalue weighted by molar-refractivity contribution is 5.97. The van der Waals surface area contributed by atoms with Gasteiger partial charge in [-0.15, -0.1) is 0 Å². The van der Waals surface area contributed by atoms with Gasteiger partial charge in [-0.3, -0.25) is 9.59 Å². The Morgan fingerprint density at radius 3 is 2.48 bits per heavy atom. The molecule has 0 aliphatic heterocycles. The van der Waals surface area contributed by atoms with Crippen LogP contribution in [-0.4, -0.2) is 32.1 Å². The molecule has 0 radical (unpaired) electrons. The van der Waals surface area contributed by atoms with Gasteiger partial charge in [0.05, 0.1) is 19.6 Å². The average Bonchev–Trinajstić information content (AvgIpc) is 3.17. The summed E-state index contributed by atoms with van der Waals surface area (Å²) in [6.45, 7) is 0.319. The van der Waals surface area contributed by atoms with Crippen LogP contribution in [0.25, 0.3) is 22.1 Å². The van der Waals surface area contributed by atoms with Crippen molar-refractivity contribution in [1.29, 1.82) is 0 Å². The van der Waals surface area contributed by atoms with Crippen LogP contribution < -0.4 is 14.9 Å². The summed E-state index contributed by atoms with van der Waals surface area (Å²) >= 11 is 0. The molecule has 2 aromatic carbocycles. The third-order valence-corrected chi connectivity index (χ3v) is 4.70. The zero-order valence-electron chi connectivity index (χ0n) is 16.2. The van der Waals surface area contributed by atoms with Gasteiger partial charge in [0.1, 0.15) is 11.0 Å². The first-order valence-electron chi connectivity index (χ1n) is 8.93. The molecule has 29 heavy (non-hydrogen) atoms. The summed E-state index contributed by atoms with van der Waals surface area (Å²) in [5.74, 6) is 0.903. The second kappa shape index (κ2) is 7.35. The molecule has 7 heteroatoms. The summed E-state index contributed by atoms with van der Waals surface area (Å²) in [6, 6.07) is 13.8. The van der Waals surface area contributed by atoms with Crippen LogP contribution in [0, 0.1) is 0 Å². The van der Waals surface area contributed by atoms with E-state index in [4.69, 9.17) is 18.3 Å². The summed E-state index contributed by atoms with van der Waals surface area (Å²) < 4.78 is 21.7. The van der Waals surface area contributed by atoms with E-state index in [0.717, 1.165) is 5.56 Å². The Morgan fingerprint density at radius 1 is 0.966 bits per heavy atom. The molecule has 0 aliphatic rings. The molecule has 4 rings (SSSR count). The van der Waals surface area contributed by atoms with Crippen LogP contribution in [0.4, 0.5) is 0 Å². The molecule has 0 spiro atoms. The lowest BCUT2D eigenvalue weighted by Crippen LogP contribution is -2.25. The predicted octanol–water partition coefficient (Wildman–Crippen LogP) is 3.83. The van der Waals surface area contributed by atoms with E-state index in [9.17, 15) is 9.59 Å². The van der Waals surface area contributed by atoms with Gasteiger partial charge in [0.15, 0.2) is 17.3 Å². The minimum atomic E-state index is -0.366. The minimum Gasteiger partial charge on any atom is -0.493 e. The molecule has 148 valence electrons. The van der Waals surface area contributed by atoms with Crippen LogP contribution in [-0.2, 0) is 6.54 Å². The smallest absolute Gasteiger partial charge is 0.302 e. The van der Waals surface area contributed by atoms with Crippen molar-refractivity contribution >= 4 is 28.0 Å². The Morgan fingerprint density at radius 2 is 1.72 bits per heavy atom. The molecular weight excluding hydrogens is 374 g/mol. The summed E-state index contributed by atoms with van der Waals surface area (Å²) in [7, 11) is 4.77. The Kier molecular flexibility index (Phi) is 4.72. The maximum Gasteiger partial charge on any atom is 0.302 e. The van der Waals surface area contributed by atoms with Gasteiger partial charge in [-0.05, 0) is 29.8 Å². The first-order valence-corrected chi connectivity index (χ1v) is 8.93. The molecule has 4 aromatic rings. The number of ether oxygens (including phenoxy) is 2. The maximum atomic E-state index is 12.8. The van der Waals surface area contributed by atoms with E-state index in [1.807, 2.05) is 6.07 Å². The Balaban J connectivity index is 1.64. The van der Waals surface area contributed by atoms with Crippen molar-refractivity contribution in [2.75, 3.05) is 21.3 Å². The third-order valence-electron chi connectivity index (χ3n) is 4.70. The van der Waals surface area contributed by atoms with Gasteiger partial charge in [-0.1, -0.05) is 18.2 Å². The zero-order valence-corrected chi connectivity index (χ0v) is 16.2. The Labute approximate surface area is 166 Å². The van der Waals surface area contributed by atoms with E-state index in [-0.39, 0.29) is 28.3 Å². The fourth-order valence-electron chi connectivity index (χ4n) is 3.21. The summed E-state index contributed by atoms with van der Waals surface area (Å²) in [4.78, 5) is 27.0. The highest BCUT2D eigenvalue weighted by Crippen LogP contribution is 2.28. The van der Waals surface area contributed by atoms with Crippen LogP contribution >= 0.6 is 0 Å². The number of carbonyl (C=O) groups is 1. The maximum absolute atomic E-state index is 12.8. The van der Waals surface area contributed by atoms with Gasteiger partial charge in [-0.25, -0.2) is 0 Å². The number of fused-ring (bicyclic) bond motifs is 2. The molecule has 0 atom stereocenters. The van der Waals surface area contributed by atoms with E-state index in [1.165, 1.54) is 11.0 Å². The SMILES string of the molecule is COc1ccc(CN(C)C(=O)c2cc3c(=O)c4ccccc4oc3o2)cc1OC. The molecule has 0 aliphatic carbocycles. The molecule has 1 amide bonds. The molecule has 7 nitrogen and oxygen atoms in total. The highest BCUT2D eigenvalue weighted by atomic mass is 16.5. The van der Waals surface area contributed by atoms with Crippen LogP contribution in [0.1, 0.15) is 16.1 Å². The van der Waals surface area contributed by atoms with Gasteiger partial charge in [0.2, 0.25) is 5.43 Å². The van der Waals surface area contributed by atoms with Crippen molar-refractivity contribution in [3.8, 4) is 11.5 Å². The van der Waals surface area contributed by atoms with Crippen LogP contribution in [0.2, 0.25) is 0 Å². The van der Waals surface area contributed by atoms with Crippen molar-refractivity contribution in [2.24, 2.45) is 0 Å². The van der Waals surface area contributed by atoms with Crippen molar-refractivity contribution in [3.05, 3.63) is 70.1 Å². The van der Waals surface area contributed by atoms with Gasteiger partial charge < -0.3 is 23.2 Å². The molecule has 0 fully saturated rings. The molecular formula is C22H19NO6. The number of nitrogens with zero attached hydrogens (tertiary/aromatic N) is 1. The monoisotopic (exact) mass is 393 g/mol. The van der Waals surface area contributed by atoms with Gasteiger partial charge in [0, 0.05) is 19.7 Å². The Bertz CT molecular complexity index is 1270. The fourth-order valence-corrected chi connectivity index (χ4v) is 3.21. The summed E-state index contributed by atoms with van der Waals surface area (Å²) in [6.07, 6.45) is 0. The van der Waals surface area contributed by atoms with E-state index in [1.54, 1.807) is 57.7 Å². The molecule has 2 aromatic heterocycles. The molecule has 0 bridgehead atoms. The van der Waals surface area contributed by atoms with E-state index < -0.39 is 0 Å². The fraction of sp³-hybridized carbons (Fsp3) is 0.182. The number of furan rings is 1. The number of amides is 1. The molecule has 0 unspecified atom stereocenters. The standard InChI is InChI=1S/C22H19NO6/c1-23(12-13-8-9-17(26-2)18(10-13)27-3)21(25)19-11-15-20(24)14-6-4-5-7-16(14)28-22(15)29-19/h4-11H,12H2,1-3H3. The number of methoxy groups -OCH3 is 2. The minimum absolute atomic E-state index is 0.0385. The zero-order chi connectivity index (χ0) is 20.5. The number of carbonyl (C=O) groups excluding carboxylic acids is 1. The second-order valence-corrected chi connectivity index (χ2v) is 6.59. The molecule has 0 N–H and O–H groups in total. The molecule has 2 heterocycles. The van der Waals surface area contributed by atoms with Gasteiger partial charge in [0.25, 0.3) is 5.91 Å². The second-order valence-electron chi connectivity index (χ2n) is 6.59. The molecule has 0 saturated carbocycles. The first-order chi connectivity index (χ1) is 14.0. The van der Waals surface area contributed by atoms with E-state index in [0.29, 0.717) is 29.0 Å². The normalized spacial score (nSPS) is 11.0. The van der Waals surface area contributed by atoms with Crippen LogP contribution in [0.5, 0.6) is 11.5 Å². The third kappa shape index (κ3) is 3.31. The summed E-state index contributed by atoms with van der Waals surface area (Å²) in [5.41, 5.74) is 1.04. The number of hydrogen-bond donors (Lipinski definition) is 0.